The Morgan fingerprint density at radius 3 is 1.62 bits per heavy atom. The highest BCUT2D eigenvalue weighted by Gasteiger charge is 2.23. The second kappa shape index (κ2) is 10.1. The fourth-order valence-electron chi connectivity index (χ4n) is 7.23. The number of pyridine rings is 1. The minimum atomic E-state index is -3.85. The molecular formula is C41H25N3O2S2. The fraction of sp³-hybridized carbons (Fsp3) is 0. The van der Waals surface area contributed by atoms with Crippen LogP contribution in [0.25, 0.3) is 75.3 Å². The van der Waals surface area contributed by atoms with Gasteiger partial charge in [0.2, 0.25) is 9.84 Å². The highest BCUT2D eigenvalue weighted by atomic mass is 32.2. The van der Waals surface area contributed by atoms with Gasteiger partial charge in [0.05, 0.1) is 43.7 Å². The molecule has 4 aromatic heterocycles. The Morgan fingerprint density at radius 1 is 0.458 bits per heavy atom. The van der Waals surface area contributed by atoms with Gasteiger partial charge in [-0.3, -0.25) is 0 Å². The second-order valence-corrected chi connectivity index (χ2v) is 15.0. The molecule has 0 atom stereocenters. The van der Waals surface area contributed by atoms with Crippen LogP contribution in [0.3, 0.4) is 0 Å². The molecule has 0 aliphatic heterocycles. The molecule has 0 saturated carbocycles. The van der Waals surface area contributed by atoms with E-state index in [1.807, 2.05) is 72.9 Å². The van der Waals surface area contributed by atoms with Crippen molar-refractivity contribution in [1.82, 2.24) is 14.1 Å². The monoisotopic (exact) mass is 655 g/mol. The number of sulfone groups is 1. The van der Waals surface area contributed by atoms with Crippen LogP contribution in [-0.4, -0.2) is 22.5 Å². The number of benzene rings is 6. The van der Waals surface area contributed by atoms with E-state index in [1.54, 1.807) is 23.5 Å². The van der Waals surface area contributed by atoms with Crippen molar-refractivity contribution < 1.29 is 8.42 Å². The number of aromatic nitrogens is 3. The topological polar surface area (TPSA) is 56.9 Å². The molecule has 228 valence electrons. The first-order valence-electron chi connectivity index (χ1n) is 15.7. The zero-order valence-electron chi connectivity index (χ0n) is 25.4. The average Bonchev–Trinajstić information content (AvgIpc) is 3.79. The lowest BCUT2D eigenvalue weighted by molar-refractivity contribution is 0.596. The highest BCUT2D eigenvalue weighted by Crippen LogP contribution is 2.39. The molecule has 0 aliphatic rings. The van der Waals surface area contributed by atoms with Crippen molar-refractivity contribution in [3.05, 3.63) is 152 Å². The summed E-state index contributed by atoms with van der Waals surface area (Å²) in [5.74, 6) is 0. The molecule has 0 amide bonds. The van der Waals surface area contributed by atoms with E-state index < -0.39 is 9.84 Å². The summed E-state index contributed by atoms with van der Waals surface area (Å²) in [7, 11) is -3.85. The SMILES string of the molecule is O=S(=O)(c1ccc2c(c1)c1ccccc1n2-c1ccccc1)c1ccc2c(c1)c1ccccc1n2-c1cnc2sc3ccccc3c2c1. The van der Waals surface area contributed by atoms with E-state index in [-0.39, 0.29) is 9.79 Å². The molecule has 6 aromatic carbocycles. The third-order valence-corrected chi connectivity index (χ3v) is 12.2. The first-order chi connectivity index (χ1) is 23.6. The third-order valence-electron chi connectivity index (χ3n) is 9.40. The lowest BCUT2D eigenvalue weighted by Gasteiger charge is -2.10. The van der Waals surface area contributed by atoms with Crippen molar-refractivity contribution in [2.24, 2.45) is 0 Å². The van der Waals surface area contributed by atoms with Gasteiger partial charge in [-0.2, -0.15) is 0 Å². The van der Waals surface area contributed by atoms with Crippen molar-refractivity contribution in [2.45, 2.75) is 9.79 Å². The minimum Gasteiger partial charge on any atom is -0.309 e. The normalized spacial score (nSPS) is 12.3. The quantitative estimate of drug-likeness (QED) is 0.190. The molecule has 0 aliphatic carbocycles. The van der Waals surface area contributed by atoms with Gasteiger partial charge in [-0.15, -0.1) is 11.3 Å². The summed E-state index contributed by atoms with van der Waals surface area (Å²) in [6.45, 7) is 0. The van der Waals surface area contributed by atoms with Crippen molar-refractivity contribution in [3.8, 4) is 11.4 Å². The zero-order valence-corrected chi connectivity index (χ0v) is 27.0. The van der Waals surface area contributed by atoms with Gasteiger partial charge in [-0.25, -0.2) is 13.4 Å². The third kappa shape index (κ3) is 3.89. The summed E-state index contributed by atoms with van der Waals surface area (Å²) >= 11 is 1.69. The summed E-state index contributed by atoms with van der Waals surface area (Å²) in [6.07, 6.45) is 1.91. The Kier molecular flexibility index (Phi) is 5.77. The lowest BCUT2D eigenvalue weighted by Crippen LogP contribution is -2.02. The fourth-order valence-corrected chi connectivity index (χ4v) is 9.57. The molecule has 0 fully saturated rings. The Labute approximate surface area is 279 Å². The maximum absolute atomic E-state index is 14.4. The van der Waals surface area contributed by atoms with Gasteiger partial charge in [0.1, 0.15) is 4.83 Å². The van der Waals surface area contributed by atoms with Gasteiger partial charge in [0, 0.05) is 42.7 Å². The van der Waals surface area contributed by atoms with Crippen LogP contribution in [-0.2, 0) is 9.84 Å². The number of para-hydroxylation sites is 3. The molecule has 0 spiro atoms. The van der Waals surface area contributed by atoms with Gasteiger partial charge >= 0.3 is 0 Å². The largest absolute Gasteiger partial charge is 0.309 e. The Balaban J connectivity index is 1.15. The van der Waals surface area contributed by atoms with Gasteiger partial charge in [0.25, 0.3) is 0 Å². The van der Waals surface area contributed by atoms with Gasteiger partial charge < -0.3 is 9.13 Å². The number of hydrogen-bond donors (Lipinski definition) is 0. The second-order valence-electron chi connectivity index (χ2n) is 12.0. The summed E-state index contributed by atoms with van der Waals surface area (Å²) < 4.78 is 34.3. The van der Waals surface area contributed by atoms with Crippen molar-refractivity contribution in [2.75, 3.05) is 0 Å². The number of hydrogen-bond acceptors (Lipinski definition) is 4. The van der Waals surface area contributed by atoms with Crippen molar-refractivity contribution in [1.29, 1.82) is 0 Å². The van der Waals surface area contributed by atoms with Crippen LogP contribution >= 0.6 is 11.3 Å². The summed E-state index contributed by atoms with van der Waals surface area (Å²) in [6, 6.07) is 48.0. The number of fused-ring (bicyclic) bond motifs is 9. The molecule has 5 nitrogen and oxygen atoms in total. The molecule has 0 radical (unpaired) electrons. The van der Waals surface area contributed by atoms with Crippen LogP contribution in [0.5, 0.6) is 0 Å². The number of rotatable bonds is 4. The number of nitrogens with zero attached hydrogens (tertiary/aromatic N) is 3. The van der Waals surface area contributed by atoms with E-state index in [2.05, 4.69) is 75.9 Å². The van der Waals surface area contributed by atoms with E-state index in [0.29, 0.717) is 0 Å². The summed E-state index contributed by atoms with van der Waals surface area (Å²) in [4.78, 5) is 6.39. The summed E-state index contributed by atoms with van der Waals surface area (Å²) in [5, 5.41) is 6.07. The summed E-state index contributed by atoms with van der Waals surface area (Å²) in [5.41, 5.74) is 5.89. The number of thiophene rings is 1. The molecule has 0 unspecified atom stereocenters. The van der Waals surface area contributed by atoms with E-state index in [4.69, 9.17) is 4.98 Å². The molecule has 10 aromatic rings. The van der Waals surface area contributed by atoms with E-state index in [0.717, 1.165) is 65.2 Å². The van der Waals surface area contributed by atoms with E-state index in [9.17, 15) is 8.42 Å². The van der Waals surface area contributed by atoms with Gasteiger partial charge in [0.15, 0.2) is 0 Å². The smallest absolute Gasteiger partial charge is 0.206 e. The van der Waals surface area contributed by atoms with Crippen LogP contribution in [0.1, 0.15) is 0 Å². The average molecular weight is 656 g/mol. The molecule has 0 N–H and O–H groups in total. The Bertz CT molecular complexity index is 3030. The standard InChI is InChI=1S/C41H25N3O2S2/c45-48(46,28-18-20-38-33(23-28)30-12-4-7-15-36(30)43(38)26-10-2-1-3-11-26)29-19-21-39-34(24-29)31-13-5-8-16-37(31)44(39)27-22-35-32-14-6-9-17-40(32)47-41(35)42-25-27/h1-25H. The predicted octanol–water partition coefficient (Wildman–Crippen LogP) is 10.5. The first kappa shape index (κ1) is 27.4. The zero-order chi connectivity index (χ0) is 32.0. The predicted molar refractivity (Wildman–Crippen MR) is 198 cm³/mol. The molecule has 7 heteroatoms. The van der Waals surface area contributed by atoms with Crippen LogP contribution in [0, 0.1) is 0 Å². The molecule has 0 bridgehead atoms. The highest BCUT2D eigenvalue weighted by molar-refractivity contribution is 7.91. The minimum absolute atomic E-state index is 0.265. The van der Waals surface area contributed by atoms with Crippen molar-refractivity contribution >= 4 is 85.1 Å². The van der Waals surface area contributed by atoms with Crippen molar-refractivity contribution in [3.63, 3.8) is 0 Å². The maximum atomic E-state index is 14.4. The Hall–Kier alpha value is -5.76. The molecule has 0 saturated heterocycles. The van der Waals surface area contributed by atoms with Crippen LogP contribution < -0.4 is 0 Å². The molecule has 10 rings (SSSR count). The van der Waals surface area contributed by atoms with E-state index in [1.165, 1.54) is 10.1 Å². The van der Waals surface area contributed by atoms with Gasteiger partial charge in [-0.05, 0) is 72.8 Å². The van der Waals surface area contributed by atoms with Gasteiger partial charge in [-0.1, -0.05) is 72.8 Å². The first-order valence-corrected chi connectivity index (χ1v) is 18.0. The molecule has 48 heavy (non-hydrogen) atoms. The van der Waals surface area contributed by atoms with Crippen LogP contribution in [0.2, 0.25) is 0 Å². The Morgan fingerprint density at radius 2 is 0.979 bits per heavy atom. The van der Waals surface area contributed by atoms with E-state index >= 15 is 0 Å². The molecular weight excluding hydrogens is 631 g/mol. The molecule has 4 heterocycles. The van der Waals surface area contributed by atoms with Crippen LogP contribution in [0.15, 0.2) is 162 Å². The lowest BCUT2D eigenvalue weighted by atomic mass is 10.1. The van der Waals surface area contributed by atoms with Crippen LogP contribution in [0.4, 0.5) is 0 Å². The maximum Gasteiger partial charge on any atom is 0.206 e.